The number of nitrogens with one attached hydrogen (secondary N) is 2. The van der Waals surface area contributed by atoms with E-state index >= 15 is 0 Å². The van der Waals surface area contributed by atoms with Crippen LogP contribution < -0.4 is 20.1 Å². The minimum Gasteiger partial charge on any atom is -0.486 e. The lowest BCUT2D eigenvalue weighted by molar-refractivity contribution is 0.102. The first-order chi connectivity index (χ1) is 11.4. The molecule has 0 fully saturated rings. The molecule has 126 valence electrons. The zero-order valence-corrected chi connectivity index (χ0v) is 14.1. The molecule has 3 rings (SSSR count). The molecule has 6 nitrogen and oxygen atoms in total. The summed E-state index contributed by atoms with van der Waals surface area (Å²) >= 11 is 0. The predicted molar refractivity (Wildman–Crippen MR) is 93.0 cm³/mol. The molecule has 1 aliphatic rings. The van der Waals surface area contributed by atoms with E-state index in [2.05, 4.69) is 36.4 Å². The maximum absolute atomic E-state index is 12.3. The Bertz CT molecular complexity index is 736. The average Bonchev–Trinajstić information content (AvgIpc) is 2.54. The molecule has 0 bridgehead atoms. The Labute approximate surface area is 141 Å². The number of benzene rings is 1. The predicted octanol–water partition coefficient (Wildman–Crippen LogP) is 3.32. The van der Waals surface area contributed by atoms with Crippen molar-refractivity contribution in [3.63, 3.8) is 0 Å². The Morgan fingerprint density at radius 2 is 1.75 bits per heavy atom. The summed E-state index contributed by atoms with van der Waals surface area (Å²) in [5.74, 6) is 1.06. The quantitative estimate of drug-likeness (QED) is 0.905. The summed E-state index contributed by atoms with van der Waals surface area (Å²) in [6.45, 7) is 7.24. The van der Waals surface area contributed by atoms with Crippen LogP contribution in [0.25, 0.3) is 0 Å². The third kappa shape index (κ3) is 3.95. The van der Waals surface area contributed by atoms with Crippen LogP contribution in [-0.4, -0.2) is 29.6 Å². The maximum atomic E-state index is 12.3. The van der Waals surface area contributed by atoms with Gasteiger partial charge in [-0.15, -0.1) is 0 Å². The molecular weight excluding hydrogens is 306 g/mol. The van der Waals surface area contributed by atoms with E-state index in [-0.39, 0.29) is 11.4 Å². The molecule has 0 saturated heterocycles. The van der Waals surface area contributed by atoms with Crippen molar-refractivity contribution >= 4 is 17.3 Å². The first-order valence-electron chi connectivity index (χ1n) is 7.86. The van der Waals surface area contributed by atoms with E-state index < -0.39 is 0 Å². The zero-order chi connectivity index (χ0) is 17.2. The highest BCUT2D eigenvalue weighted by Crippen LogP contribution is 2.32. The number of ether oxygens (including phenoxy) is 2. The minimum absolute atomic E-state index is 0.0589. The van der Waals surface area contributed by atoms with Crippen LogP contribution >= 0.6 is 0 Å². The molecule has 0 spiro atoms. The lowest BCUT2D eigenvalue weighted by Crippen LogP contribution is -2.26. The van der Waals surface area contributed by atoms with Crippen molar-refractivity contribution in [2.75, 3.05) is 23.8 Å². The van der Waals surface area contributed by atoms with Crippen molar-refractivity contribution in [1.82, 2.24) is 4.98 Å². The average molecular weight is 327 g/mol. The number of anilines is 2. The van der Waals surface area contributed by atoms with E-state index in [9.17, 15) is 4.79 Å². The molecule has 0 aliphatic carbocycles. The van der Waals surface area contributed by atoms with E-state index in [0.29, 0.717) is 36.1 Å². The lowest BCUT2D eigenvalue weighted by Gasteiger charge is -2.21. The first kappa shape index (κ1) is 16.1. The summed E-state index contributed by atoms with van der Waals surface area (Å²) in [7, 11) is 0. The van der Waals surface area contributed by atoms with Gasteiger partial charge in [-0.2, -0.15) is 0 Å². The number of rotatable bonds is 3. The van der Waals surface area contributed by atoms with Gasteiger partial charge in [0, 0.05) is 17.3 Å². The van der Waals surface area contributed by atoms with Crippen LogP contribution in [0.2, 0.25) is 0 Å². The minimum atomic E-state index is -0.269. The molecule has 1 amide bonds. The van der Waals surface area contributed by atoms with Gasteiger partial charge in [0.25, 0.3) is 5.91 Å². The van der Waals surface area contributed by atoms with Crippen LogP contribution in [0.3, 0.4) is 0 Å². The third-order valence-electron chi connectivity index (χ3n) is 3.32. The first-order valence-corrected chi connectivity index (χ1v) is 7.86. The van der Waals surface area contributed by atoms with Gasteiger partial charge in [-0.25, -0.2) is 4.98 Å². The summed E-state index contributed by atoms with van der Waals surface area (Å²) < 4.78 is 11.0. The summed E-state index contributed by atoms with van der Waals surface area (Å²) in [6.07, 6.45) is 1.66. The van der Waals surface area contributed by atoms with E-state index in [1.54, 1.807) is 30.5 Å². The fourth-order valence-corrected chi connectivity index (χ4v) is 2.35. The Kier molecular flexibility index (Phi) is 4.29. The molecule has 0 unspecified atom stereocenters. The van der Waals surface area contributed by atoms with Crippen LogP contribution in [0.5, 0.6) is 11.5 Å². The normalized spacial score (nSPS) is 13.3. The number of hydrogen-bond donors (Lipinski definition) is 2. The van der Waals surface area contributed by atoms with Gasteiger partial charge in [0.1, 0.15) is 18.9 Å². The van der Waals surface area contributed by atoms with Gasteiger partial charge in [-0.3, -0.25) is 4.79 Å². The number of fused-ring (bicyclic) bond motifs is 1. The molecule has 1 aromatic carbocycles. The van der Waals surface area contributed by atoms with Crippen molar-refractivity contribution in [3.05, 3.63) is 42.2 Å². The van der Waals surface area contributed by atoms with Gasteiger partial charge in [0.2, 0.25) is 0 Å². The number of nitrogens with zero attached hydrogens (tertiary/aromatic N) is 1. The van der Waals surface area contributed by atoms with Crippen molar-refractivity contribution in [2.24, 2.45) is 0 Å². The fourth-order valence-electron chi connectivity index (χ4n) is 2.35. The summed E-state index contributed by atoms with van der Waals surface area (Å²) in [5, 5.41) is 6.13. The molecular formula is C18H21N3O3. The molecule has 1 aromatic heterocycles. The standard InChI is InChI=1S/C18H21N3O3/c1-18(2,3)21-13-4-6-14(19-11-13)17(22)20-12-5-7-15-16(10-12)24-9-8-23-15/h4-7,10-11,21H,8-9H2,1-3H3,(H,20,22). The number of pyridine rings is 1. The summed E-state index contributed by atoms with van der Waals surface area (Å²) in [5.41, 5.74) is 1.81. The third-order valence-corrected chi connectivity index (χ3v) is 3.32. The smallest absolute Gasteiger partial charge is 0.274 e. The maximum Gasteiger partial charge on any atom is 0.274 e. The van der Waals surface area contributed by atoms with Crippen LogP contribution in [0.15, 0.2) is 36.5 Å². The molecule has 0 atom stereocenters. The van der Waals surface area contributed by atoms with Gasteiger partial charge in [0.05, 0.1) is 11.9 Å². The molecule has 0 radical (unpaired) electrons. The lowest BCUT2D eigenvalue weighted by atomic mass is 10.1. The molecule has 6 heteroatoms. The molecule has 24 heavy (non-hydrogen) atoms. The van der Waals surface area contributed by atoms with Crippen molar-refractivity contribution in [2.45, 2.75) is 26.3 Å². The van der Waals surface area contributed by atoms with Gasteiger partial charge in [-0.05, 0) is 45.0 Å². The molecule has 2 heterocycles. The van der Waals surface area contributed by atoms with Crippen molar-refractivity contribution < 1.29 is 14.3 Å². The molecule has 2 aromatic rings. The Balaban J connectivity index is 1.68. The van der Waals surface area contributed by atoms with Crippen LogP contribution in [0, 0.1) is 0 Å². The second kappa shape index (κ2) is 6.39. The number of amides is 1. The highest BCUT2D eigenvalue weighted by atomic mass is 16.6. The van der Waals surface area contributed by atoms with Gasteiger partial charge in [-0.1, -0.05) is 0 Å². The Hall–Kier alpha value is -2.76. The second-order valence-corrected chi connectivity index (χ2v) is 6.62. The van der Waals surface area contributed by atoms with Crippen LogP contribution in [-0.2, 0) is 0 Å². The fraction of sp³-hybridized carbons (Fsp3) is 0.333. The van der Waals surface area contributed by atoms with Crippen LogP contribution in [0.1, 0.15) is 31.3 Å². The second-order valence-electron chi connectivity index (χ2n) is 6.62. The number of carbonyl (C=O) groups is 1. The topological polar surface area (TPSA) is 72.5 Å². The van der Waals surface area contributed by atoms with Gasteiger partial charge < -0.3 is 20.1 Å². The molecule has 0 saturated carbocycles. The van der Waals surface area contributed by atoms with E-state index in [1.165, 1.54) is 0 Å². The van der Waals surface area contributed by atoms with Crippen LogP contribution in [0.4, 0.5) is 11.4 Å². The largest absolute Gasteiger partial charge is 0.486 e. The highest BCUT2D eigenvalue weighted by molar-refractivity contribution is 6.03. The number of hydrogen-bond acceptors (Lipinski definition) is 5. The van der Waals surface area contributed by atoms with E-state index in [0.717, 1.165) is 5.69 Å². The Morgan fingerprint density at radius 1 is 1.04 bits per heavy atom. The SMILES string of the molecule is CC(C)(C)Nc1ccc(C(=O)Nc2ccc3c(c2)OCCO3)nc1. The van der Waals surface area contributed by atoms with Gasteiger partial charge >= 0.3 is 0 Å². The number of aromatic nitrogens is 1. The molecule has 2 N–H and O–H groups in total. The highest BCUT2D eigenvalue weighted by Gasteiger charge is 2.14. The van der Waals surface area contributed by atoms with Crippen molar-refractivity contribution in [3.8, 4) is 11.5 Å². The van der Waals surface area contributed by atoms with Crippen molar-refractivity contribution in [1.29, 1.82) is 0 Å². The zero-order valence-electron chi connectivity index (χ0n) is 14.1. The summed E-state index contributed by atoms with van der Waals surface area (Å²) in [6, 6.07) is 8.86. The van der Waals surface area contributed by atoms with Gasteiger partial charge in [0.15, 0.2) is 11.5 Å². The number of carbonyl (C=O) groups excluding carboxylic acids is 1. The van der Waals surface area contributed by atoms with E-state index in [4.69, 9.17) is 9.47 Å². The molecule has 1 aliphatic heterocycles. The van der Waals surface area contributed by atoms with E-state index in [1.807, 2.05) is 6.07 Å². The Morgan fingerprint density at radius 3 is 2.42 bits per heavy atom. The summed E-state index contributed by atoms with van der Waals surface area (Å²) in [4.78, 5) is 16.5. The monoisotopic (exact) mass is 327 g/mol.